The first kappa shape index (κ1) is 25.7. The number of nitrogens with one attached hydrogen (secondary N) is 1. The van der Waals surface area contributed by atoms with Crippen molar-refractivity contribution in [1.29, 1.82) is 0 Å². The van der Waals surface area contributed by atoms with E-state index in [2.05, 4.69) is 0 Å². The maximum Gasteiger partial charge on any atom is 0.295 e. The molecule has 0 spiro atoms. The van der Waals surface area contributed by atoms with Gasteiger partial charge >= 0.3 is 0 Å². The third kappa shape index (κ3) is 5.71. The van der Waals surface area contributed by atoms with Gasteiger partial charge in [0.1, 0.15) is 24.6 Å². The van der Waals surface area contributed by atoms with E-state index >= 15 is 0 Å². The predicted molar refractivity (Wildman–Crippen MR) is 133 cm³/mol. The summed E-state index contributed by atoms with van der Waals surface area (Å²) in [6, 6.07) is 13.2. The van der Waals surface area contributed by atoms with Crippen LogP contribution in [0.25, 0.3) is 5.76 Å². The zero-order valence-corrected chi connectivity index (χ0v) is 21.1. The quantitative estimate of drug-likeness (QED) is 0.318. The Bertz CT molecular complexity index is 1090. The number of benzene rings is 2. The number of ether oxygens (including phenoxy) is 3. The molecule has 8 nitrogen and oxygen atoms in total. The molecule has 1 unspecified atom stereocenters. The fraction of sp³-hybridized carbons (Fsp3) is 0.429. The molecule has 2 aromatic rings. The lowest BCUT2D eigenvalue weighted by Crippen LogP contribution is -3.14. The second-order valence-electron chi connectivity index (χ2n) is 9.28. The monoisotopic (exact) mass is 494 g/mol. The van der Waals surface area contributed by atoms with Crippen molar-refractivity contribution < 1.29 is 33.8 Å². The fourth-order valence-corrected chi connectivity index (χ4v) is 4.66. The number of hydrogen-bond donors (Lipinski definition) is 1. The number of amides is 1. The van der Waals surface area contributed by atoms with E-state index in [-0.39, 0.29) is 11.7 Å². The lowest BCUT2D eigenvalue weighted by atomic mass is 9.95. The van der Waals surface area contributed by atoms with Crippen LogP contribution < -0.4 is 19.5 Å². The van der Waals surface area contributed by atoms with E-state index in [9.17, 15) is 14.7 Å². The Labute approximate surface area is 212 Å². The number of carbonyl (C=O) groups is 2. The Morgan fingerprint density at radius 2 is 1.69 bits per heavy atom. The molecular formula is C28H34N2O6. The summed E-state index contributed by atoms with van der Waals surface area (Å²) in [5, 5.41) is 13.6. The van der Waals surface area contributed by atoms with E-state index < -0.39 is 23.5 Å². The van der Waals surface area contributed by atoms with Crippen LogP contribution in [0.1, 0.15) is 37.9 Å². The van der Waals surface area contributed by atoms with E-state index in [1.807, 2.05) is 32.9 Å². The number of hydrogen-bond acceptors (Lipinski definition) is 6. The highest BCUT2D eigenvalue weighted by Crippen LogP contribution is 2.39. The number of rotatable bonds is 9. The summed E-state index contributed by atoms with van der Waals surface area (Å²) in [7, 11) is 0. The van der Waals surface area contributed by atoms with E-state index in [4.69, 9.17) is 14.2 Å². The van der Waals surface area contributed by atoms with Gasteiger partial charge in [-0.15, -0.1) is 0 Å². The molecule has 8 heteroatoms. The maximum atomic E-state index is 13.6. The van der Waals surface area contributed by atoms with Gasteiger partial charge < -0.3 is 29.1 Å². The van der Waals surface area contributed by atoms with Crippen molar-refractivity contribution in [3.05, 3.63) is 65.2 Å². The van der Waals surface area contributed by atoms with Crippen LogP contribution in [0.2, 0.25) is 0 Å². The lowest BCUT2D eigenvalue weighted by molar-refractivity contribution is -0.907. The maximum absolute atomic E-state index is 13.6. The molecule has 36 heavy (non-hydrogen) atoms. The molecular weight excluding hydrogens is 460 g/mol. The van der Waals surface area contributed by atoms with Crippen molar-refractivity contribution in [1.82, 2.24) is 4.90 Å². The first-order valence-electron chi connectivity index (χ1n) is 12.6. The predicted octanol–water partition coefficient (Wildman–Crippen LogP) is 1.01. The summed E-state index contributed by atoms with van der Waals surface area (Å²) >= 11 is 0. The Hall–Kier alpha value is -3.36. The Balaban J connectivity index is 1.69. The minimum atomic E-state index is -0.750. The van der Waals surface area contributed by atoms with Gasteiger partial charge in [0.25, 0.3) is 5.91 Å². The summed E-state index contributed by atoms with van der Waals surface area (Å²) in [6.07, 6.45) is 0.00107. The summed E-state index contributed by atoms with van der Waals surface area (Å²) in [5.41, 5.74) is 1.04. The van der Waals surface area contributed by atoms with Crippen LogP contribution in [-0.4, -0.2) is 68.7 Å². The molecule has 2 aromatic carbocycles. The Morgan fingerprint density at radius 1 is 1.06 bits per heavy atom. The van der Waals surface area contributed by atoms with Gasteiger partial charge in [0, 0.05) is 5.57 Å². The molecule has 0 radical (unpaired) electrons. The van der Waals surface area contributed by atoms with Crippen LogP contribution in [0.5, 0.6) is 11.5 Å². The van der Waals surface area contributed by atoms with Crippen molar-refractivity contribution in [2.75, 3.05) is 46.0 Å². The average molecular weight is 495 g/mol. The molecule has 0 saturated carbocycles. The number of morpholine rings is 1. The van der Waals surface area contributed by atoms with Crippen molar-refractivity contribution in [2.24, 2.45) is 0 Å². The van der Waals surface area contributed by atoms with Crippen molar-refractivity contribution in [3.63, 3.8) is 0 Å². The summed E-state index contributed by atoms with van der Waals surface area (Å²) < 4.78 is 16.7. The number of likely N-dealkylation sites (tertiary alicyclic amines) is 1. The standard InChI is InChI=1S/C28H34N2O6/c1-4-35-22-9-5-20(6-10-22)25-24(26(31)21-7-11-23(12-8-21)36-19(2)3)27(32)28(33)30(25)14-13-29-15-17-34-18-16-29/h5-12,19,25,31H,4,13-18H2,1-3H3. The van der Waals surface area contributed by atoms with Crippen LogP contribution in [0.15, 0.2) is 54.1 Å². The minimum Gasteiger partial charge on any atom is -0.872 e. The topological polar surface area (TPSA) is 92.6 Å². The third-order valence-corrected chi connectivity index (χ3v) is 6.43. The van der Waals surface area contributed by atoms with E-state index in [0.29, 0.717) is 55.5 Å². The third-order valence-electron chi connectivity index (χ3n) is 6.43. The van der Waals surface area contributed by atoms with Gasteiger partial charge in [-0.25, -0.2) is 0 Å². The highest BCUT2D eigenvalue weighted by atomic mass is 16.5. The van der Waals surface area contributed by atoms with Gasteiger partial charge in [-0.2, -0.15) is 0 Å². The zero-order valence-electron chi connectivity index (χ0n) is 21.1. The summed E-state index contributed by atoms with van der Waals surface area (Å²) in [5.74, 6) is -0.485. The van der Waals surface area contributed by atoms with Crippen LogP contribution in [0.4, 0.5) is 0 Å². The second kappa shape index (κ2) is 11.6. The molecule has 4 rings (SSSR count). The van der Waals surface area contributed by atoms with Crippen molar-refractivity contribution in [3.8, 4) is 11.5 Å². The minimum absolute atomic E-state index is 0.00107. The second-order valence-corrected chi connectivity index (χ2v) is 9.28. The Kier molecular flexibility index (Phi) is 8.28. The molecule has 1 amide bonds. The number of Topliss-reactive ketones (excluding diaryl/α,β-unsaturated/α-hetero) is 1. The van der Waals surface area contributed by atoms with Gasteiger partial charge in [-0.3, -0.25) is 9.59 Å². The Morgan fingerprint density at radius 3 is 2.31 bits per heavy atom. The molecule has 2 heterocycles. The van der Waals surface area contributed by atoms with Crippen molar-refractivity contribution >= 4 is 17.4 Å². The van der Waals surface area contributed by atoms with Gasteiger partial charge in [0.15, 0.2) is 0 Å². The molecule has 0 aliphatic carbocycles. The first-order chi connectivity index (χ1) is 17.4. The van der Waals surface area contributed by atoms with E-state index in [1.165, 1.54) is 4.90 Å². The number of nitrogens with zero attached hydrogens (tertiary/aromatic N) is 1. The number of carbonyl (C=O) groups excluding carboxylic acids is 2. The molecule has 2 aliphatic heterocycles. The van der Waals surface area contributed by atoms with Crippen LogP contribution in [0.3, 0.4) is 0 Å². The molecule has 1 atom stereocenters. The van der Waals surface area contributed by atoms with Crippen LogP contribution >= 0.6 is 0 Å². The van der Waals surface area contributed by atoms with Crippen molar-refractivity contribution in [2.45, 2.75) is 32.9 Å². The van der Waals surface area contributed by atoms with Gasteiger partial charge in [0.05, 0.1) is 45.1 Å². The van der Waals surface area contributed by atoms with Gasteiger partial charge in [0.2, 0.25) is 5.78 Å². The fourth-order valence-electron chi connectivity index (χ4n) is 4.66. The van der Waals surface area contributed by atoms with Gasteiger partial charge in [-0.1, -0.05) is 30.0 Å². The number of ketones is 1. The zero-order chi connectivity index (χ0) is 25.7. The largest absolute Gasteiger partial charge is 0.872 e. The molecule has 2 aliphatic rings. The summed E-state index contributed by atoms with van der Waals surface area (Å²) in [4.78, 5) is 29.3. The van der Waals surface area contributed by atoms with Gasteiger partial charge in [-0.05, 0) is 56.2 Å². The highest BCUT2D eigenvalue weighted by molar-refractivity contribution is 6.46. The van der Waals surface area contributed by atoms with E-state index in [0.717, 1.165) is 13.1 Å². The average Bonchev–Trinajstić information content (AvgIpc) is 3.13. The van der Waals surface area contributed by atoms with Crippen LogP contribution in [0, 0.1) is 0 Å². The molecule has 2 saturated heterocycles. The number of quaternary nitrogens is 1. The smallest absolute Gasteiger partial charge is 0.295 e. The molecule has 1 N–H and O–H groups in total. The molecule has 0 bridgehead atoms. The highest BCUT2D eigenvalue weighted by Gasteiger charge is 2.44. The molecule has 192 valence electrons. The first-order valence-corrected chi connectivity index (χ1v) is 12.6. The summed E-state index contributed by atoms with van der Waals surface area (Å²) in [6.45, 7) is 10.4. The normalized spacial score (nSPS) is 20.2. The molecule has 2 fully saturated rings. The SMILES string of the molecule is CCOc1ccc(C2C(=C([O-])c3ccc(OC(C)C)cc3)C(=O)C(=O)N2CC[NH+]2CCOCC2)cc1. The lowest BCUT2D eigenvalue weighted by Gasteiger charge is -2.30. The van der Waals surface area contributed by atoms with E-state index in [1.54, 1.807) is 41.3 Å². The molecule has 0 aromatic heterocycles. The van der Waals surface area contributed by atoms with Crippen LogP contribution in [-0.2, 0) is 14.3 Å².